The number of carbonyl (C=O) groups is 1. The van der Waals surface area contributed by atoms with E-state index in [-0.39, 0.29) is 5.91 Å². The van der Waals surface area contributed by atoms with E-state index < -0.39 is 10.0 Å². The first kappa shape index (κ1) is 24.4. The van der Waals surface area contributed by atoms with Crippen molar-refractivity contribution in [2.45, 2.75) is 25.3 Å². The minimum atomic E-state index is -3.49. The van der Waals surface area contributed by atoms with Crippen LogP contribution in [0.2, 0.25) is 5.02 Å². The van der Waals surface area contributed by atoms with Gasteiger partial charge in [-0.15, -0.1) is 0 Å². The van der Waals surface area contributed by atoms with E-state index in [0.29, 0.717) is 53.9 Å². The van der Waals surface area contributed by atoms with Crippen LogP contribution in [0.25, 0.3) is 0 Å². The third kappa shape index (κ3) is 5.50. The van der Waals surface area contributed by atoms with Gasteiger partial charge < -0.3 is 5.32 Å². The van der Waals surface area contributed by atoms with Crippen molar-refractivity contribution in [3.05, 3.63) is 94.0 Å². The topological polar surface area (TPSA) is 69.7 Å². The number of nitrogens with one attached hydrogen (secondary N) is 1. The van der Waals surface area contributed by atoms with Crippen molar-refractivity contribution in [3.8, 4) is 0 Å². The Hall–Kier alpha value is -2.71. The maximum Gasteiger partial charge on any atom is 0.255 e. The van der Waals surface area contributed by atoms with E-state index in [0.717, 1.165) is 16.7 Å². The van der Waals surface area contributed by atoms with Crippen molar-refractivity contribution >= 4 is 33.2 Å². The van der Waals surface area contributed by atoms with E-state index in [2.05, 4.69) is 10.2 Å². The second-order valence-electron chi connectivity index (χ2n) is 8.56. The van der Waals surface area contributed by atoms with E-state index >= 15 is 0 Å². The second-order valence-corrected chi connectivity index (χ2v) is 10.9. The molecular weight excluding hydrogens is 470 g/mol. The van der Waals surface area contributed by atoms with Gasteiger partial charge in [0.25, 0.3) is 5.91 Å². The number of anilines is 1. The normalized spacial score (nSPS) is 15.3. The van der Waals surface area contributed by atoms with Crippen LogP contribution in [-0.4, -0.2) is 49.7 Å². The van der Waals surface area contributed by atoms with Crippen molar-refractivity contribution in [2.24, 2.45) is 0 Å². The Morgan fingerprint density at radius 3 is 2.32 bits per heavy atom. The molecule has 6 nitrogen and oxygen atoms in total. The maximum absolute atomic E-state index is 12.9. The zero-order valence-corrected chi connectivity index (χ0v) is 20.9. The Bertz CT molecular complexity index is 1280. The number of amides is 1. The van der Waals surface area contributed by atoms with Crippen LogP contribution >= 0.6 is 11.6 Å². The third-order valence-corrected chi connectivity index (χ3v) is 8.42. The number of nitrogens with zero attached hydrogens (tertiary/aromatic N) is 2. The smallest absolute Gasteiger partial charge is 0.255 e. The summed E-state index contributed by atoms with van der Waals surface area (Å²) in [7, 11) is -3.49. The van der Waals surface area contributed by atoms with E-state index in [1.807, 2.05) is 50.2 Å². The highest BCUT2D eigenvalue weighted by molar-refractivity contribution is 7.89. The quantitative estimate of drug-likeness (QED) is 0.535. The van der Waals surface area contributed by atoms with Gasteiger partial charge in [0.05, 0.1) is 4.90 Å². The van der Waals surface area contributed by atoms with Gasteiger partial charge in [-0.3, -0.25) is 9.69 Å². The van der Waals surface area contributed by atoms with E-state index in [4.69, 9.17) is 11.6 Å². The molecule has 4 rings (SSSR count). The van der Waals surface area contributed by atoms with Crippen molar-refractivity contribution in [2.75, 3.05) is 31.5 Å². The van der Waals surface area contributed by atoms with Crippen LogP contribution in [0.3, 0.4) is 0 Å². The third-order valence-electron chi connectivity index (χ3n) is 6.10. The van der Waals surface area contributed by atoms with Crippen LogP contribution in [0.15, 0.2) is 71.6 Å². The first-order valence-corrected chi connectivity index (χ1v) is 13.0. The highest BCUT2D eigenvalue weighted by Gasteiger charge is 2.28. The lowest BCUT2D eigenvalue weighted by molar-refractivity contribution is 0.102. The van der Waals surface area contributed by atoms with Crippen molar-refractivity contribution in [1.29, 1.82) is 0 Å². The molecule has 0 aliphatic carbocycles. The molecule has 0 spiro atoms. The molecule has 1 aliphatic heterocycles. The minimum Gasteiger partial charge on any atom is -0.322 e. The highest BCUT2D eigenvalue weighted by atomic mass is 35.5. The lowest BCUT2D eigenvalue weighted by Gasteiger charge is -2.34. The number of rotatable bonds is 6. The Labute approximate surface area is 206 Å². The summed E-state index contributed by atoms with van der Waals surface area (Å²) >= 11 is 6.16. The molecule has 1 aliphatic rings. The average molecular weight is 498 g/mol. The summed E-state index contributed by atoms with van der Waals surface area (Å²) in [5, 5.41) is 3.54. The number of hydrogen-bond acceptors (Lipinski definition) is 4. The van der Waals surface area contributed by atoms with Gasteiger partial charge in [-0.1, -0.05) is 47.5 Å². The first-order chi connectivity index (χ1) is 16.2. The Kier molecular flexibility index (Phi) is 7.38. The number of aryl methyl sites for hydroxylation is 1. The van der Waals surface area contributed by atoms with E-state index in [9.17, 15) is 13.2 Å². The minimum absolute atomic E-state index is 0.193. The van der Waals surface area contributed by atoms with Crippen LogP contribution in [-0.2, 0) is 16.6 Å². The molecule has 178 valence electrons. The highest BCUT2D eigenvalue weighted by Crippen LogP contribution is 2.24. The fourth-order valence-electron chi connectivity index (χ4n) is 3.99. The first-order valence-electron chi connectivity index (χ1n) is 11.2. The maximum atomic E-state index is 12.9. The van der Waals surface area contributed by atoms with Crippen LogP contribution < -0.4 is 5.32 Å². The zero-order chi connectivity index (χ0) is 24.3. The molecule has 8 heteroatoms. The van der Waals surface area contributed by atoms with E-state index in [1.165, 1.54) is 0 Å². The van der Waals surface area contributed by atoms with Crippen LogP contribution in [0.4, 0.5) is 5.69 Å². The summed E-state index contributed by atoms with van der Waals surface area (Å²) in [6.07, 6.45) is 0. The average Bonchev–Trinajstić information content (AvgIpc) is 2.83. The molecule has 34 heavy (non-hydrogen) atoms. The second kappa shape index (κ2) is 10.3. The van der Waals surface area contributed by atoms with Gasteiger partial charge in [0, 0.05) is 49.0 Å². The fraction of sp³-hybridized carbons (Fsp3) is 0.269. The van der Waals surface area contributed by atoms with E-state index in [1.54, 1.807) is 34.6 Å². The molecule has 1 fully saturated rings. The number of carbonyl (C=O) groups excluding carboxylic acids is 1. The Morgan fingerprint density at radius 1 is 0.941 bits per heavy atom. The molecule has 1 amide bonds. The molecule has 1 saturated heterocycles. The standard InChI is InChI=1S/C26H28ClN3O3S/c1-19-9-11-23(12-10-19)34(32,33)30-15-13-29(14-16-30)18-21-5-3-6-22(17-21)26(31)28-25-8-4-7-24(27)20(25)2/h3-12,17H,13-16,18H2,1-2H3,(H,28,31). The van der Waals surface area contributed by atoms with Gasteiger partial charge in [-0.25, -0.2) is 8.42 Å². The van der Waals surface area contributed by atoms with Crippen molar-refractivity contribution < 1.29 is 13.2 Å². The summed E-state index contributed by atoms with van der Waals surface area (Å²) in [6, 6.07) is 19.9. The molecule has 3 aromatic rings. The Morgan fingerprint density at radius 2 is 1.62 bits per heavy atom. The van der Waals surface area contributed by atoms with Crippen LogP contribution in [0.1, 0.15) is 27.0 Å². The van der Waals surface area contributed by atoms with Crippen molar-refractivity contribution in [1.82, 2.24) is 9.21 Å². The van der Waals surface area contributed by atoms with Crippen LogP contribution in [0, 0.1) is 13.8 Å². The summed E-state index contributed by atoms with van der Waals surface area (Å²) in [5.41, 5.74) is 4.12. The predicted octanol–water partition coefficient (Wildman–Crippen LogP) is 4.72. The summed E-state index contributed by atoms with van der Waals surface area (Å²) < 4.78 is 27.4. The molecule has 1 N–H and O–H groups in total. The molecule has 0 aromatic heterocycles. The van der Waals surface area contributed by atoms with Crippen molar-refractivity contribution in [3.63, 3.8) is 0 Å². The van der Waals surface area contributed by atoms with Gasteiger partial charge >= 0.3 is 0 Å². The molecular formula is C26H28ClN3O3S. The lowest BCUT2D eigenvalue weighted by Crippen LogP contribution is -2.48. The summed E-state index contributed by atoms with van der Waals surface area (Å²) in [6.45, 7) is 6.58. The van der Waals surface area contributed by atoms with Gasteiger partial charge in [-0.2, -0.15) is 4.31 Å². The van der Waals surface area contributed by atoms with Gasteiger partial charge in [0.15, 0.2) is 0 Å². The molecule has 1 heterocycles. The molecule has 0 saturated carbocycles. The number of benzene rings is 3. The molecule has 0 unspecified atom stereocenters. The zero-order valence-electron chi connectivity index (χ0n) is 19.3. The SMILES string of the molecule is Cc1ccc(S(=O)(=O)N2CCN(Cc3cccc(C(=O)Nc4cccc(Cl)c4C)c3)CC2)cc1. The number of halogens is 1. The summed E-state index contributed by atoms with van der Waals surface area (Å²) in [4.78, 5) is 15.3. The monoisotopic (exact) mass is 497 g/mol. The molecule has 0 bridgehead atoms. The fourth-order valence-corrected chi connectivity index (χ4v) is 5.59. The lowest BCUT2D eigenvalue weighted by atomic mass is 10.1. The number of sulfonamides is 1. The predicted molar refractivity (Wildman–Crippen MR) is 136 cm³/mol. The van der Waals surface area contributed by atoms with Gasteiger partial charge in [-0.05, 0) is 61.4 Å². The van der Waals surface area contributed by atoms with Gasteiger partial charge in [0.1, 0.15) is 0 Å². The summed E-state index contributed by atoms with van der Waals surface area (Å²) in [5.74, 6) is -0.193. The molecule has 0 radical (unpaired) electrons. The van der Waals surface area contributed by atoms with Gasteiger partial charge in [0.2, 0.25) is 10.0 Å². The largest absolute Gasteiger partial charge is 0.322 e. The molecule has 3 aromatic carbocycles. The molecule has 0 atom stereocenters. The number of piperazine rings is 1. The number of hydrogen-bond donors (Lipinski definition) is 1. The Balaban J connectivity index is 1.37. The van der Waals surface area contributed by atoms with Crippen LogP contribution in [0.5, 0.6) is 0 Å².